The second kappa shape index (κ2) is 10.1. The summed E-state index contributed by atoms with van der Waals surface area (Å²) in [5.41, 5.74) is 10.4. The SMILES string of the molecule is Cc1c(Cc2c(Cl)cccc2Cl)nn(CC(N)c2ccccc2)c(=O)c1-c1ccccc1Cl. The second-order valence-corrected chi connectivity index (χ2v) is 9.03. The maximum Gasteiger partial charge on any atom is 0.275 e. The Morgan fingerprint density at radius 3 is 2.15 bits per heavy atom. The molecule has 0 spiro atoms. The highest BCUT2D eigenvalue weighted by atomic mass is 35.5. The van der Waals surface area contributed by atoms with Gasteiger partial charge in [0.2, 0.25) is 0 Å². The van der Waals surface area contributed by atoms with Crippen molar-refractivity contribution in [1.82, 2.24) is 9.78 Å². The van der Waals surface area contributed by atoms with Crippen LogP contribution in [0.2, 0.25) is 15.1 Å². The van der Waals surface area contributed by atoms with Gasteiger partial charge in [-0.05, 0) is 41.8 Å². The molecule has 0 radical (unpaired) electrons. The minimum atomic E-state index is -0.407. The molecule has 7 heteroatoms. The third-order valence-corrected chi connectivity index (χ3v) is 6.68. The predicted octanol–water partition coefficient (Wildman–Crippen LogP) is 6.47. The Hall–Kier alpha value is -2.63. The average molecular weight is 499 g/mol. The van der Waals surface area contributed by atoms with E-state index >= 15 is 0 Å². The van der Waals surface area contributed by atoms with Gasteiger partial charge in [0.25, 0.3) is 5.56 Å². The van der Waals surface area contributed by atoms with Gasteiger partial charge in [0, 0.05) is 33.1 Å². The van der Waals surface area contributed by atoms with E-state index in [0.717, 1.165) is 16.7 Å². The molecule has 168 valence electrons. The number of hydrogen-bond acceptors (Lipinski definition) is 3. The van der Waals surface area contributed by atoms with Gasteiger partial charge in [-0.1, -0.05) is 89.4 Å². The van der Waals surface area contributed by atoms with Crippen LogP contribution in [0.3, 0.4) is 0 Å². The molecule has 0 bridgehead atoms. The topological polar surface area (TPSA) is 60.9 Å². The van der Waals surface area contributed by atoms with Crippen LogP contribution in [-0.4, -0.2) is 9.78 Å². The van der Waals surface area contributed by atoms with Gasteiger partial charge in [-0.3, -0.25) is 4.79 Å². The van der Waals surface area contributed by atoms with Crippen LogP contribution in [0.15, 0.2) is 77.6 Å². The molecule has 0 aliphatic rings. The van der Waals surface area contributed by atoms with Crippen LogP contribution in [0, 0.1) is 6.92 Å². The Morgan fingerprint density at radius 2 is 1.48 bits per heavy atom. The van der Waals surface area contributed by atoms with Crippen LogP contribution in [0.25, 0.3) is 11.1 Å². The van der Waals surface area contributed by atoms with E-state index < -0.39 is 6.04 Å². The maximum atomic E-state index is 13.6. The Morgan fingerprint density at radius 1 is 0.879 bits per heavy atom. The van der Waals surface area contributed by atoms with Crippen molar-refractivity contribution < 1.29 is 0 Å². The number of nitrogens with zero attached hydrogens (tertiary/aromatic N) is 2. The highest BCUT2D eigenvalue weighted by Gasteiger charge is 2.21. The third-order valence-electron chi connectivity index (χ3n) is 5.64. The van der Waals surface area contributed by atoms with E-state index in [2.05, 4.69) is 0 Å². The lowest BCUT2D eigenvalue weighted by Crippen LogP contribution is -2.32. The zero-order valence-corrected chi connectivity index (χ0v) is 20.2. The Labute approximate surface area is 207 Å². The summed E-state index contributed by atoms with van der Waals surface area (Å²) in [6.07, 6.45) is 0.364. The summed E-state index contributed by atoms with van der Waals surface area (Å²) in [7, 11) is 0. The number of nitrogens with two attached hydrogens (primary N) is 1. The minimum absolute atomic E-state index is 0.212. The van der Waals surface area contributed by atoms with Gasteiger partial charge in [-0.15, -0.1) is 0 Å². The van der Waals surface area contributed by atoms with Crippen LogP contribution in [-0.2, 0) is 13.0 Å². The van der Waals surface area contributed by atoms with E-state index in [0.29, 0.717) is 38.3 Å². The Balaban J connectivity index is 1.87. The first kappa shape index (κ1) is 23.5. The van der Waals surface area contributed by atoms with E-state index in [4.69, 9.17) is 45.6 Å². The molecule has 4 aromatic rings. The van der Waals surface area contributed by atoms with Gasteiger partial charge >= 0.3 is 0 Å². The molecule has 33 heavy (non-hydrogen) atoms. The molecule has 4 nitrogen and oxygen atoms in total. The lowest BCUT2D eigenvalue weighted by Gasteiger charge is -2.19. The average Bonchev–Trinajstić information content (AvgIpc) is 2.81. The van der Waals surface area contributed by atoms with E-state index in [-0.39, 0.29) is 12.1 Å². The summed E-state index contributed by atoms with van der Waals surface area (Å²) in [4.78, 5) is 13.6. The molecule has 2 N–H and O–H groups in total. The highest BCUT2D eigenvalue weighted by Crippen LogP contribution is 2.31. The molecule has 4 rings (SSSR count). The summed E-state index contributed by atoms with van der Waals surface area (Å²) in [6.45, 7) is 2.08. The van der Waals surface area contributed by atoms with Crippen molar-refractivity contribution in [1.29, 1.82) is 0 Å². The number of benzene rings is 3. The van der Waals surface area contributed by atoms with Gasteiger partial charge in [0.1, 0.15) is 0 Å². The molecule has 3 aromatic carbocycles. The molecule has 0 saturated heterocycles. The fourth-order valence-corrected chi connectivity index (χ4v) is 4.59. The van der Waals surface area contributed by atoms with Crippen molar-refractivity contribution in [3.8, 4) is 11.1 Å². The van der Waals surface area contributed by atoms with Gasteiger partial charge in [0.05, 0.1) is 17.8 Å². The molecule has 0 aliphatic heterocycles. The molecule has 1 aromatic heterocycles. The van der Waals surface area contributed by atoms with E-state index in [9.17, 15) is 4.79 Å². The molecule has 0 fully saturated rings. The largest absolute Gasteiger partial charge is 0.322 e. The molecule has 0 saturated carbocycles. The first-order valence-corrected chi connectivity index (χ1v) is 11.6. The van der Waals surface area contributed by atoms with Crippen molar-refractivity contribution in [2.24, 2.45) is 5.73 Å². The van der Waals surface area contributed by atoms with E-state index in [1.165, 1.54) is 4.68 Å². The number of rotatable bonds is 6. The molecule has 1 unspecified atom stereocenters. The van der Waals surface area contributed by atoms with Crippen LogP contribution in [0.4, 0.5) is 0 Å². The fraction of sp³-hybridized carbons (Fsp3) is 0.154. The number of hydrogen-bond donors (Lipinski definition) is 1. The van der Waals surface area contributed by atoms with E-state index in [1.807, 2.05) is 55.5 Å². The molecule has 0 aliphatic carbocycles. The summed E-state index contributed by atoms with van der Waals surface area (Å²) in [5, 5.41) is 6.27. The van der Waals surface area contributed by atoms with Gasteiger partial charge in [-0.2, -0.15) is 5.10 Å². The predicted molar refractivity (Wildman–Crippen MR) is 136 cm³/mol. The molecule has 1 atom stereocenters. The smallest absolute Gasteiger partial charge is 0.275 e. The van der Waals surface area contributed by atoms with E-state index in [1.54, 1.807) is 24.3 Å². The van der Waals surface area contributed by atoms with Gasteiger partial charge < -0.3 is 5.73 Å². The zero-order valence-electron chi connectivity index (χ0n) is 17.9. The van der Waals surface area contributed by atoms with Crippen LogP contribution >= 0.6 is 34.8 Å². The third kappa shape index (κ3) is 4.99. The summed E-state index contributed by atoms with van der Waals surface area (Å²) in [6, 6.07) is 21.9. The highest BCUT2D eigenvalue weighted by molar-refractivity contribution is 6.36. The molecule has 0 amide bonds. The van der Waals surface area contributed by atoms with Crippen molar-refractivity contribution in [3.05, 3.63) is 121 Å². The summed E-state index contributed by atoms with van der Waals surface area (Å²) < 4.78 is 1.42. The minimum Gasteiger partial charge on any atom is -0.322 e. The Kier molecular flexibility index (Phi) is 7.20. The standard InChI is InChI=1S/C26H22Cl3N3O/c1-16-24(14-19-21(28)12-7-13-22(19)29)31-32(15-23(30)17-8-3-2-4-9-17)26(33)25(16)18-10-5-6-11-20(18)27/h2-13,23H,14-15,30H2,1H3. The first-order valence-electron chi connectivity index (χ1n) is 10.5. The van der Waals surface area contributed by atoms with Gasteiger partial charge in [0.15, 0.2) is 0 Å². The number of aromatic nitrogens is 2. The molecule has 1 heterocycles. The second-order valence-electron chi connectivity index (χ2n) is 7.81. The Bertz CT molecular complexity index is 1330. The lowest BCUT2D eigenvalue weighted by atomic mass is 9.98. The zero-order chi connectivity index (χ0) is 23.5. The monoisotopic (exact) mass is 497 g/mol. The van der Waals surface area contributed by atoms with Crippen molar-refractivity contribution in [2.75, 3.05) is 0 Å². The number of halogens is 3. The van der Waals surface area contributed by atoms with Crippen LogP contribution in [0.1, 0.15) is 28.4 Å². The van der Waals surface area contributed by atoms with Crippen molar-refractivity contribution in [2.45, 2.75) is 25.9 Å². The van der Waals surface area contributed by atoms with Crippen LogP contribution in [0.5, 0.6) is 0 Å². The normalized spacial score (nSPS) is 12.0. The fourth-order valence-electron chi connectivity index (χ4n) is 3.83. The molecular weight excluding hydrogens is 477 g/mol. The maximum absolute atomic E-state index is 13.6. The quantitative estimate of drug-likeness (QED) is 0.331. The van der Waals surface area contributed by atoms with Crippen molar-refractivity contribution >= 4 is 34.8 Å². The summed E-state index contributed by atoms with van der Waals surface area (Å²) >= 11 is 19.3. The first-order chi connectivity index (χ1) is 15.9. The van der Waals surface area contributed by atoms with Gasteiger partial charge in [-0.25, -0.2) is 4.68 Å². The lowest BCUT2D eigenvalue weighted by molar-refractivity contribution is 0.497. The summed E-state index contributed by atoms with van der Waals surface area (Å²) in [5.74, 6) is 0. The van der Waals surface area contributed by atoms with Crippen molar-refractivity contribution in [3.63, 3.8) is 0 Å². The van der Waals surface area contributed by atoms with Crippen LogP contribution < -0.4 is 11.3 Å². The molecular formula is C26H22Cl3N3O.